The molecule has 3 amide bonds. The summed E-state index contributed by atoms with van der Waals surface area (Å²) < 4.78 is 10.5. The number of benzene rings is 2. The third-order valence-corrected chi connectivity index (χ3v) is 7.42. The van der Waals surface area contributed by atoms with Crippen LogP contribution in [0.1, 0.15) is 49.0 Å². The van der Waals surface area contributed by atoms with Gasteiger partial charge in [-0.15, -0.1) is 0 Å². The summed E-state index contributed by atoms with van der Waals surface area (Å²) >= 11 is 0. The normalized spacial score (nSPS) is 17.4. The Morgan fingerprint density at radius 3 is 2.16 bits per heavy atom. The van der Waals surface area contributed by atoms with E-state index < -0.39 is 12.1 Å². The van der Waals surface area contributed by atoms with Gasteiger partial charge in [0, 0.05) is 38.2 Å². The Hall–Kier alpha value is -3.55. The van der Waals surface area contributed by atoms with E-state index in [1.54, 1.807) is 6.92 Å². The smallest absolute Gasteiger partial charge is 0.407 e. The number of hydrogen-bond donors (Lipinski definition) is 1. The number of rotatable bonds is 8. The minimum absolute atomic E-state index is 0.00644. The molecule has 198 valence electrons. The highest BCUT2D eigenvalue weighted by molar-refractivity contribution is 5.94. The van der Waals surface area contributed by atoms with Gasteiger partial charge in [0.2, 0.25) is 5.91 Å². The van der Waals surface area contributed by atoms with Crippen LogP contribution in [0.15, 0.2) is 54.6 Å². The molecule has 2 aliphatic heterocycles. The van der Waals surface area contributed by atoms with Crippen molar-refractivity contribution in [1.29, 1.82) is 0 Å². The summed E-state index contributed by atoms with van der Waals surface area (Å²) in [7, 11) is 0. The second-order valence-electron chi connectivity index (χ2n) is 9.87. The summed E-state index contributed by atoms with van der Waals surface area (Å²) in [5.74, 6) is 0.711. The maximum absolute atomic E-state index is 13.5. The van der Waals surface area contributed by atoms with Gasteiger partial charge >= 0.3 is 6.09 Å². The van der Waals surface area contributed by atoms with E-state index in [0.717, 1.165) is 30.6 Å². The second-order valence-corrected chi connectivity index (χ2v) is 9.87. The van der Waals surface area contributed by atoms with Crippen LogP contribution in [-0.4, -0.2) is 73.1 Å². The molecule has 0 saturated carbocycles. The largest absolute Gasteiger partial charge is 0.494 e. The number of piperidine rings is 1. The molecule has 1 atom stereocenters. The molecule has 0 aromatic heterocycles. The van der Waals surface area contributed by atoms with Gasteiger partial charge in [-0.25, -0.2) is 4.79 Å². The summed E-state index contributed by atoms with van der Waals surface area (Å²) in [5.41, 5.74) is 1.65. The number of carbonyl (C=O) groups excluding carboxylic acids is 3. The first kappa shape index (κ1) is 26.5. The molecule has 2 heterocycles. The molecular weight excluding hydrogens is 470 g/mol. The van der Waals surface area contributed by atoms with Crippen molar-refractivity contribution < 1.29 is 23.9 Å². The van der Waals surface area contributed by atoms with Gasteiger partial charge in [0.25, 0.3) is 5.91 Å². The zero-order chi connectivity index (χ0) is 26.3. The Bertz CT molecular complexity index is 1060. The highest BCUT2D eigenvalue weighted by Crippen LogP contribution is 2.41. The summed E-state index contributed by atoms with van der Waals surface area (Å²) in [6.07, 6.45) is 2.45. The molecule has 8 nitrogen and oxygen atoms in total. The fourth-order valence-electron chi connectivity index (χ4n) is 5.34. The average molecular weight is 508 g/mol. The maximum Gasteiger partial charge on any atom is 0.407 e. The van der Waals surface area contributed by atoms with E-state index in [4.69, 9.17) is 9.47 Å². The van der Waals surface area contributed by atoms with Gasteiger partial charge in [0.1, 0.15) is 11.8 Å². The monoisotopic (exact) mass is 507 g/mol. The van der Waals surface area contributed by atoms with Crippen molar-refractivity contribution in [2.45, 2.75) is 45.6 Å². The van der Waals surface area contributed by atoms with Gasteiger partial charge in [-0.2, -0.15) is 0 Å². The molecule has 4 rings (SSSR count). The lowest BCUT2D eigenvalue weighted by Gasteiger charge is -2.39. The molecule has 0 aliphatic carbocycles. The molecule has 0 bridgehead atoms. The van der Waals surface area contributed by atoms with Crippen LogP contribution >= 0.6 is 0 Å². The lowest BCUT2D eigenvalue weighted by molar-refractivity contribution is -0.132. The molecule has 2 aromatic rings. The van der Waals surface area contributed by atoms with Crippen LogP contribution in [0.2, 0.25) is 0 Å². The highest BCUT2D eigenvalue weighted by Gasteiger charge is 2.44. The van der Waals surface area contributed by atoms with Crippen molar-refractivity contribution >= 4 is 17.9 Å². The van der Waals surface area contributed by atoms with Crippen molar-refractivity contribution in [3.63, 3.8) is 0 Å². The van der Waals surface area contributed by atoms with Crippen molar-refractivity contribution in [3.05, 3.63) is 65.7 Å². The molecule has 0 radical (unpaired) electrons. The van der Waals surface area contributed by atoms with E-state index >= 15 is 0 Å². The van der Waals surface area contributed by atoms with Crippen LogP contribution in [-0.2, 0) is 16.0 Å². The summed E-state index contributed by atoms with van der Waals surface area (Å²) in [6.45, 7) is 7.15. The fourth-order valence-corrected chi connectivity index (χ4v) is 5.34. The van der Waals surface area contributed by atoms with Gasteiger partial charge in [-0.05, 0) is 68.4 Å². The molecule has 2 aliphatic rings. The molecule has 2 aromatic carbocycles. The van der Waals surface area contributed by atoms with Crippen LogP contribution < -0.4 is 10.1 Å². The van der Waals surface area contributed by atoms with Crippen molar-refractivity contribution in [1.82, 2.24) is 15.1 Å². The third-order valence-electron chi connectivity index (χ3n) is 7.42. The van der Waals surface area contributed by atoms with E-state index in [1.165, 1.54) is 0 Å². The average Bonchev–Trinajstić information content (AvgIpc) is 3.32. The minimum atomic E-state index is -0.682. The predicted octanol–water partition coefficient (Wildman–Crippen LogP) is 3.90. The number of alkyl carbamates (subject to hydrolysis) is 1. The number of nitrogens with zero attached hydrogens (tertiary/aromatic N) is 2. The van der Waals surface area contributed by atoms with Crippen LogP contribution in [0.4, 0.5) is 4.79 Å². The summed E-state index contributed by atoms with van der Waals surface area (Å²) in [5, 5.41) is 2.77. The maximum atomic E-state index is 13.5. The SMILES string of the molecule is CCOC(=O)NC(Cc1ccccc1)C(=O)N1CCC2(CCN(C(=O)c3ccc(OCC)cc3)CC2)C1. The Labute approximate surface area is 218 Å². The molecular formula is C29H37N3O5. The van der Waals surface area contributed by atoms with Crippen LogP contribution in [0.25, 0.3) is 0 Å². The molecule has 37 heavy (non-hydrogen) atoms. The number of likely N-dealkylation sites (tertiary alicyclic amines) is 2. The first-order chi connectivity index (χ1) is 17.9. The Kier molecular flexibility index (Phi) is 8.69. The van der Waals surface area contributed by atoms with Crippen molar-refractivity contribution in [3.8, 4) is 5.75 Å². The van der Waals surface area contributed by atoms with Crippen LogP contribution in [0.5, 0.6) is 5.75 Å². The zero-order valence-corrected chi connectivity index (χ0v) is 21.8. The number of carbonyl (C=O) groups is 3. The first-order valence-electron chi connectivity index (χ1n) is 13.2. The second kappa shape index (κ2) is 12.1. The molecule has 2 fully saturated rings. The van der Waals surface area contributed by atoms with E-state index in [0.29, 0.717) is 44.8 Å². The number of amides is 3. The lowest BCUT2D eigenvalue weighted by Crippen LogP contribution is -2.50. The van der Waals surface area contributed by atoms with Gasteiger partial charge in [0.15, 0.2) is 0 Å². The topological polar surface area (TPSA) is 88.2 Å². The van der Waals surface area contributed by atoms with Gasteiger partial charge in [-0.3, -0.25) is 9.59 Å². The van der Waals surface area contributed by atoms with Crippen molar-refractivity contribution in [2.75, 3.05) is 39.4 Å². The van der Waals surface area contributed by atoms with Gasteiger partial charge in [-0.1, -0.05) is 30.3 Å². The summed E-state index contributed by atoms with van der Waals surface area (Å²) in [6, 6.07) is 16.3. The minimum Gasteiger partial charge on any atom is -0.494 e. The zero-order valence-electron chi connectivity index (χ0n) is 21.8. The van der Waals surface area contributed by atoms with E-state index in [1.807, 2.05) is 71.3 Å². The van der Waals surface area contributed by atoms with Crippen LogP contribution in [0.3, 0.4) is 0 Å². The number of ether oxygens (including phenoxy) is 2. The predicted molar refractivity (Wildman–Crippen MR) is 140 cm³/mol. The third kappa shape index (κ3) is 6.61. The first-order valence-corrected chi connectivity index (χ1v) is 13.2. The van der Waals surface area contributed by atoms with Gasteiger partial charge in [0.05, 0.1) is 13.2 Å². The van der Waals surface area contributed by atoms with E-state index in [-0.39, 0.29) is 23.8 Å². The molecule has 1 unspecified atom stereocenters. The number of nitrogens with one attached hydrogen (secondary N) is 1. The number of hydrogen-bond acceptors (Lipinski definition) is 5. The molecule has 1 spiro atoms. The van der Waals surface area contributed by atoms with Crippen LogP contribution in [0, 0.1) is 5.41 Å². The highest BCUT2D eigenvalue weighted by atomic mass is 16.5. The Balaban J connectivity index is 1.35. The van der Waals surface area contributed by atoms with Crippen molar-refractivity contribution in [2.24, 2.45) is 5.41 Å². The molecule has 8 heteroatoms. The lowest BCUT2D eigenvalue weighted by atomic mass is 9.77. The quantitative estimate of drug-likeness (QED) is 0.586. The Morgan fingerprint density at radius 1 is 0.892 bits per heavy atom. The van der Waals surface area contributed by atoms with E-state index in [2.05, 4.69) is 5.32 Å². The fraction of sp³-hybridized carbons (Fsp3) is 0.483. The molecule has 2 saturated heterocycles. The standard InChI is InChI=1S/C29H37N3O5/c1-3-36-24-12-10-23(11-13-24)26(33)31-17-14-29(15-18-31)16-19-32(21-29)27(34)25(30-28(35)37-4-2)20-22-8-6-5-7-9-22/h5-13,25H,3-4,14-21H2,1-2H3,(H,30,35). The van der Waals surface area contributed by atoms with E-state index in [9.17, 15) is 14.4 Å². The summed E-state index contributed by atoms with van der Waals surface area (Å²) in [4.78, 5) is 42.5. The Morgan fingerprint density at radius 2 is 1.54 bits per heavy atom. The molecule has 1 N–H and O–H groups in total. The van der Waals surface area contributed by atoms with Gasteiger partial charge < -0.3 is 24.6 Å².